The third-order valence-corrected chi connectivity index (χ3v) is 6.37. The average molecular weight is 315 g/mol. The van der Waals surface area contributed by atoms with E-state index in [2.05, 4.69) is 55.1 Å². The van der Waals surface area contributed by atoms with Crippen molar-refractivity contribution in [2.45, 2.75) is 57.2 Å². The van der Waals surface area contributed by atoms with Crippen molar-refractivity contribution in [2.75, 3.05) is 0 Å². The predicted molar refractivity (Wildman–Crippen MR) is 81.3 cm³/mol. The molecule has 1 fully saturated rings. The Labute approximate surface area is 118 Å². The molecule has 3 unspecified atom stereocenters. The van der Waals surface area contributed by atoms with Crippen LogP contribution in [0.5, 0.6) is 0 Å². The van der Waals surface area contributed by atoms with E-state index in [-0.39, 0.29) is 0 Å². The van der Waals surface area contributed by atoms with E-state index in [9.17, 15) is 0 Å². The summed E-state index contributed by atoms with van der Waals surface area (Å²) in [6.07, 6.45) is 4.08. The minimum Gasteiger partial charge on any atom is -0.149 e. The maximum atomic E-state index is 3.94. The first-order valence-electron chi connectivity index (χ1n) is 6.61. The van der Waals surface area contributed by atoms with Crippen LogP contribution in [-0.2, 0) is 5.41 Å². The van der Waals surface area contributed by atoms with Crippen molar-refractivity contribution in [3.8, 4) is 0 Å². The quantitative estimate of drug-likeness (QED) is 0.629. The maximum Gasteiger partial charge on any atom is 0.0184 e. The first-order valence-corrected chi connectivity index (χ1v) is 8.41. The van der Waals surface area contributed by atoms with E-state index in [0.29, 0.717) is 10.2 Å². The van der Waals surface area contributed by atoms with Crippen LogP contribution in [0.15, 0.2) is 11.4 Å². The zero-order valence-corrected chi connectivity index (χ0v) is 13.7. The van der Waals surface area contributed by atoms with Gasteiger partial charge in [-0.15, -0.1) is 11.3 Å². The summed E-state index contributed by atoms with van der Waals surface area (Å²) in [6, 6.07) is 2.33. The lowest BCUT2D eigenvalue weighted by Crippen LogP contribution is -2.38. The SMILES string of the molecule is Cc1sccc1C(C)(C)C1CCC(C)CC1Br. The van der Waals surface area contributed by atoms with Crippen molar-refractivity contribution in [2.24, 2.45) is 11.8 Å². The first kappa shape index (κ1) is 13.6. The number of hydrogen-bond acceptors (Lipinski definition) is 1. The van der Waals surface area contributed by atoms with E-state index in [1.807, 2.05) is 11.3 Å². The van der Waals surface area contributed by atoms with Gasteiger partial charge in [0, 0.05) is 9.70 Å². The van der Waals surface area contributed by atoms with Gasteiger partial charge in [0.25, 0.3) is 0 Å². The molecule has 0 bridgehead atoms. The first-order chi connectivity index (χ1) is 7.93. The summed E-state index contributed by atoms with van der Waals surface area (Å²) in [5.74, 6) is 1.65. The monoisotopic (exact) mass is 314 g/mol. The Hall–Kier alpha value is 0.180. The Bertz CT molecular complexity index is 380. The molecule has 0 nitrogen and oxygen atoms in total. The topological polar surface area (TPSA) is 0 Å². The molecule has 2 rings (SSSR count). The number of hydrogen-bond donors (Lipinski definition) is 0. The van der Waals surface area contributed by atoms with Gasteiger partial charge in [0.1, 0.15) is 0 Å². The Kier molecular flexibility index (Phi) is 4.04. The van der Waals surface area contributed by atoms with E-state index in [1.54, 1.807) is 5.56 Å². The second-order valence-electron chi connectivity index (χ2n) is 6.15. The molecule has 0 aromatic carbocycles. The Morgan fingerprint density at radius 2 is 2.06 bits per heavy atom. The summed E-state index contributed by atoms with van der Waals surface area (Å²) in [7, 11) is 0. The van der Waals surface area contributed by atoms with E-state index in [4.69, 9.17) is 0 Å². The lowest BCUT2D eigenvalue weighted by atomic mass is 9.66. The highest BCUT2D eigenvalue weighted by Gasteiger charge is 2.39. The summed E-state index contributed by atoms with van der Waals surface area (Å²) >= 11 is 5.83. The van der Waals surface area contributed by atoms with Crippen LogP contribution < -0.4 is 0 Å². The molecule has 1 aliphatic carbocycles. The number of rotatable bonds is 2. The number of aryl methyl sites for hydroxylation is 1. The van der Waals surface area contributed by atoms with Crippen LogP contribution in [0.1, 0.15) is 50.5 Å². The molecule has 1 aromatic heterocycles. The molecule has 0 aliphatic heterocycles. The van der Waals surface area contributed by atoms with Gasteiger partial charge in [0.15, 0.2) is 0 Å². The highest BCUT2D eigenvalue weighted by atomic mass is 79.9. The van der Waals surface area contributed by atoms with Crippen LogP contribution in [0.25, 0.3) is 0 Å². The number of halogens is 1. The predicted octanol–water partition coefficient (Wildman–Crippen LogP) is 5.53. The van der Waals surface area contributed by atoms with Crippen LogP contribution in [0, 0.1) is 18.8 Å². The van der Waals surface area contributed by atoms with Gasteiger partial charge in [-0.25, -0.2) is 0 Å². The van der Waals surface area contributed by atoms with Crippen LogP contribution >= 0.6 is 27.3 Å². The third kappa shape index (κ3) is 2.63. The zero-order chi connectivity index (χ0) is 12.6. The van der Waals surface area contributed by atoms with Gasteiger partial charge in [0.05, 0.1) is 0 Å². The summed E-state index contributed by atoms with van der Waals surface area (Å²) in [5.41, 5.74) is 1.87. The molecule has 2 heteroatoms. The molecule has 17 heavy (non-hydrogen) atoms. The molecular formula is C15H23BrS. The molecule has 1 heterocycles. The minimum atomic E-state index is 0.304. The number of alkyl halides is 1. The zero-order valence-electron chi connectivity index (χ0n) is 11.3. The van der Waals surface area contributed by atoms with Gasteiger partial charge in [-0.05, 0) is 54.0 Å². The van der Waals surface area contributed by atoms with E-state index >= 15 is 0 Å². The molecule has 1 aromatic rings. The Morgan fingerprint density at radius 1 is 1.35 bits per heavy atom. The van der Waals surface area contributed by atoms with Gasteiger partial charge in [-0.1, -0.05) is 43.1 Å². The second kappa shape index (κ2) is 5.05. The normalized spacial score (nSPS) is 30.5. The van der Waals surface area contributed by atoms with E-state index in [1.165, 1.54) is 24.1 Å². The summed E-state index contributed by atoms with van der Waals surface area (Å²) in [5, 5.41) is 2.24. The summed E-state index contributed by atoms with van der Waals surface area (Å²) in [6.45, 7) is 9.50. The van der Waals surface area contributed by atoms with Gasteiger partial charge in [-0.3, -0.25) is 0 Å². The van der Waals surface area contributed by atoms with Crippen LogP contribution in [0.2, 0.25) is 0 Å². The largest absolute Gasteiger partial charge is 0.149 e. The van der Waals surface area contributed by atoms with Crippen molar-refractivity contribution < 1.29 is 0 Å². The third-order valence-electron chi connectivity index (χ3n) is 4.51. The maximum absolute atomic E-state index is 3.94. The molecule has 1 saturated carbocycles. The highest BCUT2D eigenvalue weighted by molar-refractivity contribution is 9.09. The molecule has 0 spiro atoms. The van der Waals surface area contributed by atoms with E-state index in [0.717, 1.165) is 11.8 Å². The van der Waals surface area contributed by atoms with Crippen molar-refractivity contribution >= 4 is 27.3 Å². The molecule has 0 saturated heterocycles. The summed E-state index contributed by atoms with van der Waals surface area (Å²) in [4.78, 5) is 2.17. The average Bonchev–Trinajstić information content (AvgIpc) is 2.64. The fourth-order valence-electron chi connectivity index (χ4n) is 3.38. The molecule has 3 atom stereocenters. The fraction of sp³-hybridized carbons (Fsp3) is 0.733. The molecule has 1 aliphatic rings. The van der Waals surface area contributed by atoms with Crippen molar-refractivity contribution in [3.63, 3.8) is 0 Å². The molecule has 0 N–H and O–H groups in total. The second-order valence-corrected chi connectivity index (χ2v) is 8.45. The van der Waals surface area contributed by atoms with Crippen molar-refractivity contribution in [1.82, 2.24) is 0 Å². The van der Waals surface area contributed by atoms with Crippen LogP contribution in [0.3, 0.4) is 0 Å². The molecule has 0 radical (unpaired) electrons. The van der Waals surface area contributed by atoms with Crippen molar-refractivity contribution in [3.05, 3.63) is 21.9 Å². The molecule has 0 amide bonds. The van der Waals surface area contributed by atoms with Crippen LogP contribution in [0.4, 0.5) is 0 Å². The lowest BCUT2D eigenvalue weighted by molar-refractivity contribution is 0.214. The van der Waals surface area contributed by atoms with Gasteiger partial charge < -0.3 is 0 Å². The van der Waals surface area contributed by atoms with Crippen LogP contribution in [-0.4, -0.2) is 4.83 Å². The fourth-order valence-corrected chi connectivity index (χ4v) is 5.81. The lowest BCUT2D eigenvalue weighted by Gasteiger charge is -2.42. The highest BCUT2D eigenvalue weighted by Crippen LogP contribution is 2.46. The number of thiophene rings is 1. The standard InChI is InChI=1S/C15H23BrS/c1-10-5-6-13(14(16)9-10)15(3,4)12-7-8-17-11(12)2/h7-8,10,13-14H,5-6,9H2,1-4H3. The molecular weight excluding hydrogens is 292 g/mol. The van der Waals surface area contributed by atoms with Crippen molar-refractivity contribution in [1.29, 1.82) is 0 Å². The van der Waals surface area contributed by atoms with Gasteiger partial charge >= 0.3 is 0 Å². The smallest absolute Gasteiger partial charge is 0.0184 e. The minimum absolute atomic E-state index is 0.304. The van der Waals surface area contributed by atoms with Gasteiger partial charge in [-0.2, -0.15) is 0 Å². The summed E-state index contributed by atoms with van der Waals surface area (Å²) < 4.78 is 0. The van der Waals surface area contributed by atoms with Gasteiger partial charge in [0.2, 0.25) is 0 Å². The van der Waals surface area contributed by atoms with E-state index < -0.39 is 0 Å². The Balaban J connectivity index is 2.24. The molecule has 96 valence electrons. The Morgan fingerprint density at radius 3 is 2.59 bits per heavy atom.